The lowest BCUT2D eigenvalue weighted by Gasteiger charge is -2.33. The molecule has 1 saturated carbocycles. The van der Waals surface area contributed by atoms with Crippen LogP contribution in [-0.4, -0.2) is 18.6 Å². The van der Waals surface area contributed by atoms with Gasteiger partial charge in [-0.05, 0) is 18.8 Å². The molecule has 0 saturated heterocycles. The molecule has 0 heterocycles. The van der Waals surface area contributed by atoms with Gasteiger partial charge in [0.1, 0.15) is 5.54 Å². The lowest BCUT2D eigenvalue weighted by Crippen LogP contribution is -2.51. The second-order valence-corrected chi connectivity index (χ2v) is 3.85. The number of ether oxygens (including phenoxy) is 1. The largest absolute Gasteiger partial charge is 0.468 e. The van der Waals surface area contributed by atoms with Gasteiger partial charge < -0.3 is 10.5 Å². The molecule has 0 aromatic carbocycles. The normalized spacial score (nSPS) is 33.3. The van der Waals surface area contributed by atoms with Gasteiger partial charge in [0.25, 0.3) is 0 Å². The van der Waals surface area contributed by atoms with Crippen molar-refractivity contribution in [2.75, 3.05) is 7.11 Å². The number of hydrogen-bond donors (Lipinski definition) is 1. The summed E-state index contributed by atoms with van der Waals surface area (Å²) in [6, 6.07) is 0. The molecule has 0 radical (unpaired) electrons. The van der Waals surface area contributed by atoms with E-state index in [1.807, 2.05) is 0 Å². The summed E-state index contributed by atoms with van der Waals surface area (Å²) in [4.78, 5) is 11.3. The minimum Gasteiger partial charge on any atom is -0.468 e. The Kier molecular flexibility index (Phi) is 4.71. The minimum atomic E-state index is -0.702. The molecule has 2 N–H and O–H groups in total. The lowest BCUT2D eigenvalue weighted by atomic mass is 9.77. The van der Waals surface area contributed by atoms with E-state index in [0.717, 1.165) is 19.3 Å². The van der Waals surface area contributed by atoms with Crippen LogP contribution in [0.25, 0.3) is 0 Å². The number of carbonyl (C=O) groups excluding carboxylic acids is 1. The Balaban J connectivity index is 0.00000144. The quantitative estimate of drug-likeness (QED) is 0.663. The summed E-state index contributed by atoms with van der Waals surface area (Å²) in [7, 11) is 1.40. The van der Waals surface area contributed by atoms with Crippen LogP contribution in [0.4, 0.5) is 0 Å². The first-order chi connectivity index (χ1) is 5.58. The fraction of sp³-hybridized carbons (Fsp3) is 0.889. The number of nitrogens with two attached hydrogens (primary N) is 1. The molecule has 1 fully saturated rings. The molecule has 3 nitrogen and oxygen atoms in total. The average Bonchev–Trinajstić information content (AvgIpc) is 2.02. The molecule has 0 aliphatic heterocycles. The van der Waals surface area contributed by atoms with Gasteiger partial charge >= 0.3 is 5.97 Å². The maximum Gasteiger partial charge on any atom is 0.325 e. The van der Waals surface area contributed by atoms with Gasteiger partial charge in [-0.25, -0.2) is 0 Å². The predicted octanol–water partition coefficient (Wildman–Crippen LogP) is 1.49. The standard InChI is InChI=1S/C9H17NO2.ClH/c1-7-4-3-5-9(10,6-7)8(11)12-2;/h7H,3-6,10H2,1-2H3;1H/t7-,9-;/m1./s1. The SMILES string of the molecule is COC(=O)[C@@]1(N)CCC[C@@H](C)C1.Cl. The van der Waals surface area contributed by atoms with E-state index in [0.29, 0.717) is 5.92 Å². The van der Waals surface area contributed by atoms with E-state index >= 15 is 0 Å². The van der Waals surface area contributed by atoms with Gasteiger partial charge in [-0.1, -0.05) is 19.8 Å². The van der Waals surface area contributed by atoms with Crippen LogP contribution in [0, 0.1) is 5.92 Å². The molecule has 0 aromatic heterocycles. The highest BCUT2D eigenvalue weighted by Crippen LogP contribution is 2.30. The van der Waals surface area contributed by atoms with Crippen molar-refractivity contribution < 1.29 is 9.53 Å². The van der Waals surface area contributed by atoms with Crippen LogP contribution in [0.2, 0.25) is 0 Å². The van der Waals surface area contributed by atoms with Gasteiger partial charge in [-0.15, -0.1) is 12.4 Å². The monoisotopic (exact) mass is 207 g/mol. The summed E-state index contributed by atoms with van der Waals surface area (Å²) < 4.78 is 4.68. The van der Waals surface area contributed by atoms with Crippen LogP contribution in [0.1, 0.15) is 32.6 Å². The zero-order chi connectivity index (χ0) is 9.19. The molecule has 0 unspecified atom stereocenters. The topological polar surface area (TPSA) is 52.3 Å². The molecule has 78 valence electrons. The molecule has 1 aliphatic carbocycles. The van der Waals surface area contributed by atoms with E-state index in [1.165, 1.54) is 13.5 Å². The summed E-state index contributed by atoms with van der Waals surface area (Å²) in [5.41, 5.74) is 5.23. The lowest BCUT2D eigenvalue weighted by molar-refractivity contribution is -0.149. The summed E-state index contributed by atoms with van der Waals surface area (Å²) in [5, 5.41) is 0. The fourth-order valence-electron chi connectivity index (χ4n) is 1.98. The van der Waals surface area contributed by atoms with Crippen LogP contribution >= 0.6 is 12.4 Å². The Labute approximate surface area is 85.4 Å². The second-order valence-electron chi connectivity index (χ2n) is 3.85. The van der Waals surface area contributed by atoms with Crippen LogP contribution in [-0.2, 0) is 9.53 Å². The zero-order valence-corrected chi connectivity index (χ0v) is 9.02. The molecule has 13 heavy (non-hydrogen) atoms. The smallest absolute Gasteiger partial charge is 0.325 e. The molecule has 0 aromatic rings. The number of esters is 1. The van der Waals surface area contributed by atoms with Crippen LogP contribution < -0.4 is 5.73 Å². The van der Waals surface area contributed by atoms with Crippen LogP contribution in [0.15, 0.2) is 0 Å². The van der Waals surface area contributed by atoms with Gasteiger partial charge in [-0.3, -0.25) is 4.79 Å². The number of methoxy groups -OCH3 is 1. The highest BCUT2D eigenvalue weighted by molar-refractivity contribution is 5.85. The van der Waals surface area contributed by atoms with Crippen molar-refractivity contribution in [2.45, 2.75) is 38.1 Å². The maximum atomic E-state index is 11.3. The van der Waals surface area contributed by atoms with Crippen molar-refractivity contribution in [1.29, 1.82) is 0 Å². The average molecular weight is 208 g/mol. The van der Waals surface area contributed by atoms with Crippen molar-refractivity contribution in [3.8, 4) is 0 Å². The molecule has 1 rings (SSSR count). The Morgan fingerprint density at radius 3 is 2.69 bits per heavy atom. The number of hydrogen-bond acceptors (Lipinski definition) is 3. The predicted molar refractivity (Wildman–Crippen MR) is 53.8 cm³/mol. The molecule has 2 atom stereocenters. The highest BCUT2D eigenvalue weighted by Gasteiger charge is 2.38. The first-order valence-corrected chi connectivity index (χ1v) is 4.46. The molecule has 0 spiro atoms. The minimum absolute atomic E-state index is 0. The van der Waals surface area contributed by atoms with E-state index in [-0.39, 0.29) is 18.4 Å². The second kappa shape index (κ2) is 4.82. The fourth-order valence-corrected chi connectivity index (χ4v) is 1.98. The van der Waals surface area contributed by atoms with Crippen molar-refractivity contribution in [3.63, 3.8) is 0 Å². The van der Waals surface area contributed by atoms with E-state index in [9.17, 15) is 4.79 Å². The van der Waals surface area contributed by atoms with Crippen LogP contribution in [0.5, 0.6) is 0 Å². The van der Waals surface area contributed by atoms with Crippen molar-refractivity contribution >= 4 is 18.4 Å². The summed E-state index contributed by atoms with van der Waals surface area (Å²) in [5.74, 6) is 0.289. The Morgan fingerprint density at radius 1 is 1.62 bits per heavy atom. The van der Waals surface area contributed by atoms with Gasteiger partial charge in [-0.2, -0.15) is 0 Å². The highest BCUT2D eigenvalue weighted by atomic mass is 35.5. The van der Waals surface area contributed by atoms with Gasteiger partial charge in [0.2, 0.25) is 0 Å². The number of carbonyl (C=O) groups is 1. The van der Waals surface area contributed by atoms with Gasteiger partial charge in [0.15, 0.2) is 0 Å². The number of halogens is 1. The van der Waals surface area contributed by atoms with E-state index < -0.39 is 5.54 Å². The molecular weight excluding hydrogens is 190 g/mol. The Morgan fingerprint density at radius 2 is 2.23 bits per heavy atom. The third-order valence-corrected chi connectivity index (χ3v) is 2.62. The number of rotatable bonds is 1. The van der Waals surface area contributed by atoms with Gasteiger partial charge in [0.05, 0.1) is 7.11 Å². The molecule has 0 bridgehead atoms. The maximum absolute atomic E-state index is 11.3. The van der Waals surface area contributed by atoms with E-state index in [2.05, 4.69) is 11.7 Å². The first kappa shape index (κ1) is 12.7. The molecule has 4 heteroatoms. The third-order valence-electron chi connectivity index (χ3n) is 2.62. The first-order valence-electron chi connectivity index (χ1n) is 4.46. The third kappa shape index (κ3) is 2.85. The molecule has 1 aliphatic rings. The Hall–Kier alpha value is -0.280. The summed E-state index contributed by atoms with van der Waals surface area (Å²) in [6.45, 7) is 2.13. The van der Waals surface area contributed by atoms with Gasteiger partial charge in [0, 0.05) is 0 Å². The molecule has 0 amide bonds. The summed E-state index contributed by atoms with van der Waals surface area (Å²) >= 11 is 0. The van der Waals surface area contributed by atoms with E-state index in [1.54, 1.807) is 0 Å². The zero-order valence-electron chi connectivity index (χ0n) is 8.21. The van der Waals surface area contributed by atoms with Crippen molar-refractivity contribution in [2.24, 2.45) is 11.7 Å². The molecular formula is C9H18ClNO2. The Bertz CT molecular complexity index is 186. The van der Waals surface area contributed by atoms with Crippen molar-refractivity contribution in [1.82, 2.24) is 0 Å². The summed E-state index contributed by atoms with van der Waals surface area (Å²) in [6.07, 6.45) is 3.74. The van der Waals surface area contributed by atoms with E-state index in [4.69, 9.17) is 5.73 Å². The van der Waals surface area contributed by atoms with Crippen molar-refractivity contribution in [3.05, 3.63) is 0 Å². The van der Waals surface area contributed by atoms with Crippen LogP contribution in [0.3, 0.4) is 0 Å².